The topological polar surface area (TPSA) is 41.1 Å². The molecule has 0 radical (unpaired) electrons. The molecule has 106 valence electrons. The zero-order valence-electron chi connectivity index (χ0n) is 11.4. The quantitative estimate of drug-likeness (QED) is 0.890. The highest BCUT2D eigenvalue weighted by molar-refractivity contribution is 5.85. The van der Waals surface area contributed by atoms with Crippen molar-refractivity contribution < 1.29 is 4.79 Å². The summed E-state index contributed by atoms with van der Waals surface area (Å²) in [5, 5.41) is 6.27. The highest BCUT2D eigenvalue weighted by Gasteiger charge is 2.22. The van der Waals surface area contributed by atoms with Crippen LogP contribution in [0.2, 0.25) is 0 Å². The molecule has 1 aliphatic carbocycles. The van der Waals surface area contributed by atoms with Gasteiger partial charge >= 0.3 is 0 Å². The van der Waals surface area contributed by atoms with Crippen molar-refractivity contribution in [2.75, 3.05) is 11.9 Å². The number of hydrogen-bond donors (Lipinski definition) is 2. The van der Waals surface area contributed by atoms with Crippen molar-refractivity contribution >= 4 is 24.0 Å². The minimum absolute atomic E-state index is 0. The Kier molecular flexibility index (Phi) is 6.71. The van der Waals surface area contributed by atoms with Gasteiger partial charge in [-0.15, -0.1) is 12.4 Å². The third kappa shape index (κ3) is 5.11. The standard InChI is InChI=1S/C15H22N2O.ClH/c1-12-7-5-6-10-14(12)17-15(18)11-16-13-8-3-2-4-9-13;/h2-4,8-9,12,14,16H,5-7,10-11H2,1H3,(H,17,18);1H. The fourth-order valence-corrected chi connectivity index (χ4v) is 2.53. The monoisotopic (exact) mass is 282 g/mol. The van der Waals surface area contributed by atoms with Crippen molar-refractivity contribution in [3.63, 3.8) is 0 Å². The Morgan fingerprint density at radius 2 is 1.89 bits per heavy atom. The van der Waals surface area contributed by atoms with E-state index in [4.69, 9.17) is 0 Å². The van der Waals surface area contributed by atoms with Crippen LogP contribution in [0.4, 0.5) is 5.69 Å². The Labute approximate surface area is 121 Å². The summed E-state index contributed by atoms with van der Waals surface area (Å²) in [6, 6.07) is 10.2. The van der Waals surface area contributed by atoms with Crippen molar-refractivity contribution in [3.8, 4) is 0 Å². The Hall–Kier alpha value is -1.22. The number of carbonyl (C=O) groups excluding carboxylic acids is 1. The van der Waals surface area contributed by atoms with Crippen LogP contribution in [0.1, 0.15) is 32.6 Å². The van der Waals surface area contributed by atoms with E-state index in [-0.39, 0.29) is 18.3 Å². The molecule has 0 spiro atoms. The van der Waals surface area contributed by atoms with E-state index in [1.165, 1.54) is 19.3 Å². The number of amides is 1. The summed E-state index contributed by atoms with van der Waals surface area (Å²) in [5.41, 5.74) is 0.990. The van der Waals surface area contributed by atoms with Gasteiger partial charge in [0.15, 0.2) is 0 Å². The van der Waals surface area contributed by atoms with Gasteiger partial charge < -0.3 is 10.6 Å². The van der Waals surface area contributed by atoms with Crippen LogP contribution in [0.25, 0.3) is 0 Å². The Morgan fingerprint density at radius 3 is 2.58 bits per heavy atom. The molecule has 0 bridgehead atoms. The van der Waals surface area contributed by atoms with E-state index in [9.17, 15) is 4.79 Å². The van der Waals surface area contributed by atoms with Crippen molar-refractivity contribution in [1.82, 2.24) is 5.32 Å². The first-order chi connectivity index (χ1) is 8.75. The van der Waals surface area contributed by atoms with E-state index >= 15 is 0 Å². The lowest BCUT2D eigenvalue weighted by molar-refractivity contribution is -0.120. The van der Waals surface area contributed by atoms with Crippen LogP contribution in [-0.2, 0) is 4.79 Å². The van der Waals surface area contributed by atoms with Crippen LogP contribution < -0.4 is 10.6 Å². The number of rotatable bonds is 4. The zero-order valence-corrected chi connectivity index (χ0v) is 12.2. The van der Waals surface area contributed by atoms with Gasteiger partial charge in [-0.2, -0.15) is 0 Å². The van der Waals surface area contributed by atoms with Gasteiger partial charge in [-0.05, 0) is 30.9 Å². The van der Waals surface area contributed by atoms with E-state index in [1.807, 2.05) is 30.3 Å². The summed E-state index contributed by atoms with van der Waals surface area (Å²) in [7, 11) is 0. The number of carbonyl (C=O) groups is 1. The lowest BCUT2D eigenvalue weighted by Gasteiger charge is -2.29. The van der Waals surface area contributed by atoms with Crippen LogP contribution in [0.5, 0.6) is 0 Å². The van der Waals surface area contributed by atoms with Crippen LogP contribution >= 0.6 is 12.4 Å². The zero-order chi connectivity index (χ0) is 12.8. The van der Waals surface area contributed by atoms with Gasteiger partial charge in [0, 0.05) is 11.7 Å². The molecule has 1 aliphatic rings. The molecule has 1 aromatic carbocycles. The van der Waals surface area contributed by atoms with E-state index in [0.717, 1.165) is 12.1 Å². The maximum absolute atomic E-state index is 11.9. The lowest BCUT2D eigenvalue weighted by atomic mass is 9.86. The first-order valence-electron chi connectivity index (χ1n) is 6.84. The van der Waals surface area contributed by atoms with Crippen molar-refractivity contribution in [2.45, 2.75) is 38.6 Å². The number of para-hydroxylation sites is 1. The number of anilines is 1. The van der Waals surface area contributed by atoms with Crippen LogP contribution in [0.15, 0.2) is 30.3 Å². The summed E-state index contributed by atoms with van der Waals surface area (Å²) in [6.45, 7) is 2.59. The largest absolute Gasteiger partial charge is 0.376 e. The second kappa shape index (κ2) is 8.05. The van der Waals surface area contributed by atoms with Gasteiger partial charge in [-0.25, -0.2) is 0 Å². The molecule has 0 heterocycles. The predicted molar refractivity (Wildman–Crippen MR) is 81.7 cm³/mol. The molecule has 1 saturated carbocycles. The molecule has 3 nitrogen and oxygen atoms in total. The third-order valence-corrected chi connectivity index (χ3v) is 3.68. The normalized spacial score (nSPS) is 22.2. The summed E-state index contributed by atoms with van der Waals surface area (Å²) in [5.74, 6) is 0.706. The fourth-order valence-electron chi connectivity index (χ4n) is 2.53. The van der Waals surface area contributed by atoms with Gasteiger partial charge in [0.1, 0.15) is 0 Å². The molecule has 2 N–H and O–H groups in total. The van der Waals surface area contributed by atoms with Crippen molar-refractivity contribution in [3.05, 3.63) is 30.3 Å². The minimum Gasteiger partial charge on any atom is -0.376 e. The average Bonchev–Trinajstić information content (AvgIpc) is 2.40. The van der Waals surface area contributed by atoms with E-state index < -0.39 is 0 Å². The van der Waals surface area contributed by atoms with Gasteiger partial charge in [-0.1, -0.05) is 38.0 Å². The van der Waals surface area contributed by atoms with E-state index in [0.29, 0.717) is 18.5 Å². The minimum atomic E-state index is 0. The number of benzene rings is 1. The Bertz CT molecular complexity index is 383. The molecule has 2 unspecified atom stereocenters. The van der Waals surface area contributed by atoms with Crippen LogP contribution in [0.3, 0.4) is 0 Å². The summed E-state index contributed by atoms with van der Waals surface area (Å²) < 4.78 is 0. The lowest BCUT2D eigenvalue weighted by Crippen LogP contribution is -2.43. The Morgan fingerprint density at radius 1 is 1.21 bits per heavy atom. The molecule has 2 rings (SSSR count). The highest BCUT2D eigenvalue weighted by atomic mass is 35.5. The van der Waals surface area contributed by atoms with Gasteiger partial charge in [0.25, 0.3) is 0 Å². The highest BCUT2D eigenvalue weighted by Crippen LogP contribution is 2.23. The molecule has 1 amide bonds. The SMILES string of the molecule is CC1CCCCC1NC(=O)CNc1ccccc1.Cl. The van der Waals surface area contributed by atoms with Crippen molar-refractivity contribution in [1.29, 1.82) is 0 Å². The molecule has 4 heteroatoms. The van der Waals surface area contributed by atoms with Crippen molar-refractivity contribution in [2.24, 2.45) is 5.92 Å². The molecular formula is C15H23ClN2O. The average molecular weight is 283 g/mol. The van der Waals surface area contributed by atoms with Gasteiger partial charge in [0.2, 0.25) is 5.91 Å². The molecule has 0 aromatic heterocycles. The molecular weight excluding hydrogens is 260 g/mol. The van der Waals surface area contributed by atoms with Crippen LogP contribution in [-0.4, -0.2) is 18.5 Å². The second-order valence-corrected chi connectivity index (χ2v) is 5.16. The first kappa shape index (κ1) is 15.8. The summed E-state index contributed by atoms with van der Waals surface area (Å²) >= 11 is 0. The van der Waals surface area contributed by atoms with Crippen LogP contribution in [0, 0.1) is 5.92 Å². The maximum Gasteiger partial charge on any atom is 0.239 e. The van der Waals surface area contributed by atoms with E-state index in [2.05, 4.69) is 17.6 Å². The Balaban J connectivity index is 0.00000180. The second-order valence-electron chi connectivity index (χ2n) is 5.16. The molecule has 1 aromatic rings. The summed E-state index contributed by atoms with van der Waals surface area (Å²) in [6.07, 6.45) is 4.90. The van der Waals surface area contributed by atoms with Gasteiger partial charge in [-0.3, -0.25) is 4.79 Å². The smallest absolute Gasteiger partial charge is 0.239 e. The maximum atomic E-state index is 11.9. The molecule has 19 heavy (non-hydrogen) atoms. The summed E-state index contributed by atoms with van der Waals surface area (Å²) in [4.78, 5) is 11.9. The number of hydrogen-bond acceptors (Lipinski definition) is 2. The number of nitrogens with one attached hydrogen (secondary N) is 2. The molecule has 1 fully saturated rings. The van der Waals surface area contributed by atoms with Gasteiger partial charge in [0.05, 0.1) is 6.54 Å². The molecule has 0 aliphatic heterocycles. The van der Waals surface area contributed by atoms with E-state index in [1.54, 1.807) is 0 Å². The fraction of sp³-hybridized carbons (Fsp3) is 0.533. The number of halogens is 1. The molecule has 0 saturated heterocycles. The predicted octanol–water partition coefficient (Wildman–Crippen LogP) is 3.22. The first-order valence-corrected chi connectivity index (χ1v) is 6.84. The molecule has 2 atom stereocenters. The third-order valence-electron chi connectivity index (χ3n) is 3.68.